The smallest absolute Gasteiger partial charge is 0.254 e. The third kappa shape index (κ3) is 3.55. The lowest BCUT2D eigenvalue weighted by Gasteiger charge is -2.15. The number of pyridine rings is 1. The van der Waals surface area contributed by atoms with Gasteiger partial charge in [0.2, 0.25) is 11.9 Å². The summed E-state index contributed by atoms with van der Waals surface area (Å²) in [6.07, 6.45) is 3.15. The van der Waals surface area contributed by atoms with Crippen molar-refractivity contribution in [2.45, 2.75) is 30.7 Å². The number of tetrazole rings is 1. The molecule has 1 fully saturated rings. The van der Waals surface area contributed by atoms with E-state index >= 15 is 4.39 Å². The van der Waals surface area contributed by atoms with Gasteiger partial charge in [0.25, 0.3) is 5.56 Å². The number of rotatable bonds is 4. The first-order valence-electron chi connectivity index (χ1n) is 11.8. The molecule has 11 nitrogen and oxygen atoms in total. The van der Waals surface area contributed by atoms with E-state index in [4.69, 9.17) is 22.3 Å². The van der Waals surface area contributed by atoms with Crippen LogP contribution in [0.25, 0.3) is 28.2 Å². The molecule has 1 atom stereocenters. The molecular formula is C24H16ClF3N10O. The third-order valence-electron chi connectivity index (χ3n) is 7.22. The average molecular weight is 553 g/mol. The molecule has 4 aromatic heterocycles. The molecule has 2 aliphatic rings. The molecule has 1 aliphatic heterocycles. The van der Waals surface area contributed by atoms with E-state index in [0.29, 0.717) is 12.2 Å². The highest BCUT2D eigenvalue weighted by atomic mass is 35.5. The van der Waals surface area contributed by atoms with Crippen molar-refractivity contribution >= 4 is 17.4 Å². The number of nitrogens with one attached hydrogen (secondary N) is 1. The second kappa shape index (κ2) is 8.20. The van der Waals surface area contributed by atoms with Crippen LogP contribution in [0.3, 0.4) is 0 Å². The number of nitrogen functional groups attached to an aromatic ring is 1. The summed E-state index contributed by atoms with van der Waals surface area (Å²) in [5.41, 5.74) is 4.36. The Labute approximate surface area is 221 Å². The van der Waals surface area contributed by atoms with Crippen LogP contribution in [0.5, 0.6) is 0 Å². The van der Waals surface area contributed by atoms with Gasteiger partial charge in [0.15, 0.2) is 5.82 Å². The van der Waals surface area contributed by atoms with E-state index in [1.165, 1.54) is 45.9 Å². The molecule has 15 heteroatoms. The lowest BCUT2D eigenvalue weighted by Crippen LogP contribution is -2.26. The summed E-state index contributed by atoms with van der Waals surface area (Å²) in [7, 11) is 0. The number of fused-ring (bicyclic) bond motifs is 2. The maximum atomic E-state index is 15.4. The molecular weight excluding hydrogens is 537 g/mol. The van der Waals surface area contributed by atoms with Gasteiger partial charge in [0.05, 0.1) is 33.6 Å². The quantitative estimate of drug-likeness (QED) is 0.323. The normalized spacial score (nSPS) is 17.1. The van der Waals surface area contributed by atoms with Crippen LogP contribution in [0, 0.1) is 17.7 Å². The van der Waals surface area contributed by atoms with E-state index in [9.17, 15) is 13.6 Å². The molecule has 3 N–H and O–H groups in total. The summed E-state index contributed by atoms with van der Waals surface area (Å²) in [5.74, 6) is -2.13. The molecule has 0 radical (unpaired) electrons. The summed E-state index contributed by atoms with van der Waals surface area (Å²) in [6.45, 7) is 0. The standard InChI is InChI=1S/C24H16ClF3N10O/c25-11-2-3-13(37-9-30-35-36-37)17(18(11)26)12-7-16(39)38-14(8-24(5-6-24)23(38)31-12)22-33-19(21(28)34-22)10-1-4-15(29)32-20(10)27/h1-4,7,9,14H,5-6,8H2,(H2,29,32)(H,33,34)/t14-/m1/s1. The van der Waals surface area contributed by atoms with E-state index in [1.807, 2.05) is 0 Å². The summed E-state index contributed by atoms with van der Waals surface area (Å²) >= 11 is 6.08. The SMILES string of the molecule is Nc1ccc(-c2nc([C@H]3CC4(CC4)c4nc(-c5c(-n6cnnn6)ccc(Cl)c5F)cc(=O)n43)[nH]c2F)c(F)n1. The molecule has 5 aromatic rings. The highest BCUT2D eigenvalue weighted by Gasteiger charge is 2.55. The maximum absolute atomic E-state index is 15.4. The van der Waals surface area contributed by atoms with E-state index in [-0.39, 0.29) is 44.9 Å². The average Bonchev–Trinajstić information content (AvgIpc) is 3.20. The number of nitrogens with two attached hydrogens (primary N) is 1. The first kappa shape index (κ1) is 23.5. The number of hydrogen-bond donors (Lipinski definition) is 2. The lowest BCUT2D eigenvalue weighted by atomic mass is 10.0. The molecule has 0 amide bonds. The molecule has 0 saturated heterocycles. The third-order valence-corrected chi connectivity index (χ3v) is 7.51. The number of benzene rings is 1. The molecule has 1 saturated carbocycles. The van der Waals surface area contributed by atoms with E-state index in [1.54, 1.807) is 0 Å². The van der Waals surface area contributed by atoms with Crippen LogP contribution < -0.4 is 11.3 Å². The van der Waals surface area contributed by atoms with Crippen molar-refractivity contribution in [3.8, 4) is 28.2 Å². The second-order valence-electron chi connectivity index (χ2n) is 9.54. The minimum atomic E-state index is -0.970. The Morgan fingerprint density at radius 3 is 2.64 bits per heavy atom. The molecule has 7 rings (SSSR count). The Balaban J connectivity index is 1.37. The van der Waals surface area contributed by atoms with Gasteiger partial charge in [-0.15, -0.1) is 5.10 Å². The van der Waals surface area contributed by atoms with Crippen molar-refractivity contribution in [2.75, 3.05) is 5.73 Å². The Morgan fingerprint density at radius 1 is 1.10 bits per heavy atom. The zero-order chi connectivity index (χ0) is 27.1. The summed E-state index contributed by atoms with van der Waals surface area (Å²) < 4.78 is 47.4. The predicted molar refractivity (Wildman–Crippen MR) is 131 cm³/mol. The van der Waals surface area contributed by atoms with Crippen molar-refractivity contribution in [3.05, 3.63) is 81.4 Å². The summed E-state index contributed by atoms with van der Waals surface area (Å²) in [5, 5.41) is 10.9. The summed E-state index contributed by atoms with van der Waals surface area (Å²) in [6, 6.07) is 5.99. The van der Waals surface area contributed by atoms with Crippen molar-refractivity contribution in [1.82, 2.24) is 44.7 Å². The highest BCUT2D eigenvalue weighted by Crippen LogP contribution is 2.58. The van der Waals surface area contributed by atoms with Gasteiger partial charge >= 0.3 is 0 Å². The number of H-pyrrole nitrogens is 1. The van der Waals surface area contributed by atoms with Crippen LogP contribution in [-0.2, 0) is 5.41 Å². The van der Waals surface area contributed by atoms with Crippen LogP contribution in [0.4, 0.5) is 19.0 Å². The monoisotopic (exact) mass is 552 g/mol. The molecule has 196 valence electrons. The maximum Gasteiger partial charge on any atom is 0.254 e. The Hall–Kier alpha value is -4.59. The number of hydrogen-bond acceptors (Lipinski definition) is 8. The Kier molecular flexibility index (Phi) is 4.95. The largest absolute Gasteiger partial charge is 0.384 e. The zero-order valence-corrected chi connectivity index (χ0v) is 20.5. The van der Waals surface area contributed by atoms with Crippen molar-refractivity contribution < 1.29 is 13.2 Å². The van der Waals surface area contributed by atoms with E-state index in [2.05, 4.69) is 30.5 Å². The fourth-order valence-electron chi connectivity index (χ4n) is 5.22. The van der Waals surface area contributed by atoms with Crippen LogP contribution in [0.1, 0.15) is 37.0 Å². The van der Waals surface area contributed by atoms with Gasteiger partial charge in [0.1, 0.15) is 29.5 Å². The first-order valence-corrected chi connectivity index (χ1v) is 12.2. The van der Waals surface area contributed by atoms with Crippen LogP contribution >= 0.6 is 11.6 Å². The van der Waals surface area contributed by atoms with Gasteiger partial charge in [-0.2, -0.15) is 13.5 Å². The Bertz CT molecular complexity index is 1850. The first-order chi connectivity index (χ1) is 18.8. The lowest BCUT2D eigenvalue weighted by molar-refractivity contribution is 0.528. The number of imidazole rings is 1. The van der Waals surface area contributed by atoms with Crippen molar-refractivity contribution in [3.63, 3.8) is 0 Å². The molecule has 1 spiro atoms. The molecule has 0 bridgehead atoms. The number of nitrogens with zero attached hydrogens (tertiary/aromatic N) is 8. The van der Waals surface area contributed by atoms with E-state index in [0.717, 1.165) is 12.8 Å². The predicted octanol–water partition coefficient (Wildman–Crippen LogP) is 3.35. The van der Waals surface area contributed by atoms with Crippen LogP contribution in [0.15, 0.2) is 41.5 Å². The number of halogens is 4. The van der Waals surface area contributed by atoms with Crippen molar-refractivity contribution in [1.29, 1.82) is 0 Å². The van der Waals surface area contributed by atoms with Gasteiger partial charge in [0, 0.05) is 11.5 Å². The molecule has 1 aliphatic carbocycles. The van der Waals surface area contributed by atoms with Gasteiger partial charge in [-0.1, -0.05) is 11.6 Å². The van der Waals surface area contributed by atoms with Gasteiger partial charge < -0.3 is 10.7 Å². The van der Waals surface area contributed by atoms with Crippen molar-refractivity contribution in [2.24, 2.45) is 0 Å². The molecule has 1 aromatic carbocycles. The minimum Gasteiger partial charge on any atom is -0.384 e. The van der Waals surface area contributed by atoms with Crippen LogP contribution in [-0.4, -0.2) is 44.7 Å². The van der Waals surface area contributed by atoms with Crippen LogP contribution in [0.2, 0.25) is 5.02 Å². The Morgan fingerprint density at radius 2 is 1.92 bits per heavy atom. The molecule has 5 heterocycles. The molecule has 39 heavy (non-hydrogen) atoms. The second-order valence-corrected chi connectivity index (χ2v) is 9.95. The topological polar surface area (TPSA) is 146 Å². The fraction of sp³-hybridized carbons (Fsp3) is 0.208. The fourth-order valence-corrected chi connectivity index (χ4v) is 5.38. The zero-order valence-electron chi connectivity index (χ0n) is 19.7. The van der Waals surface area contributed by atoms with Gasteiger partial charge in [-0.05, 0) is 54.0 Å². The molecule has 0 unspecified atom stereocenters. The number of aromatic nitrogens is 9. The minimum absolute atomic E-state index is 0.0350. The van der Waals surface area contributed by atoms with Gasteiger partial charge in [-0.25, -0.2) is 19.3 Å². The number of aromatic amines is 1. The number of anilines is 1. The van der Waals surface area contributed by atoms with Gasteiger partial charge in [-0.3, -0.25) is 9.36 Å². The highest BCUT2D eigenvalue weighted by molar-refractivity contribution is 6.31. The van der Waals surface area contributed by atoms with E-state index < -0.39 is 34.7 Å². The summed E-state index contributed by atoms with van der Waals surface area (Å²) in [4.78, 5) is 28.7.